The molecule has 1 aromatic rings. The molecule has 0 aliphatic rings. The number of aryl methyl sites for hydroxylation is 2. The predicted molar refractivity (Wildman–Crippen MR) is 63.3 cm³/mol. The fraction of sp³-hybridized carbons (Fsp3) is 0.600. The van der Waals surface area contributed by atoms with Crippen LogP contribution in [0.15, 0.2) is 6.07 Å². The number of nitrogens with zero attached hydrogens (tertiary/aromatic N) is 2. The Morgan fingerprint density at radius 1 is 1.73 bits per heavy atom. The summed E-state index contributed by atoms with van der Waals surface area (Å²) in [5.74, 6) is -0.0654. The Hall–Kier alpha value is -0.840. The highest BCUT2D eigenvalue weighted by molar-refractivity contribution is 9.09. The number of hydrogen-bond donors (Lipinski definition) is 1. The van der Waals surface area contributed by atoms with E-state index in [1.165, 1.54) is 0 Å². The fourth-order valence-electron chi connectivity index (χ4n) is 1.33. The Morgan fingerprint density at radius 2 is 2.40 bits per heavy atom. The Morgan fingerprint density at radius 3 is 2.80 bits per heavy atom. The van der Waals surface area contributed by atoms with Gasteiger partial charge in [-0.25, -0.2) is 0 Å². The Bertz CT molecular complexity index is 344. The molecule has 1 N–H and O–H groups in total. The van der Waals surface area contributed by atoms with E-state index in [2.05, 4.69) is 26.3 Å². The van der Waals surface area contributed by atoms with Crippen molar-refractivity contribution in [2.24, 2.45) is 7.05 Å². The molecule has 4 nitrogen and oxygen atoms in total. The van der Waals surface area contributed by atoms with E-state index in [1.54, 1.807) is 17.8 Å². The maximum absolute atomic E-state index is 11.8. The van der Waals surface area contributed by atoms with Crippen molar-refractivity contribution in [2.45, 2.75) is 26.3 Å². The first-order chi connectivity index (χ1) is 7.08. The zero-order chi connectivity index (χ0) is 11.4. The number of amides is 1. The van der Waals surface area contributed by atoms with Crippen LogP contribution in [0.4, 0.5) is 0 Å². The average Bonchev–Trinajstić information content (AvgIpc) is 2.54. The third-order valence-electron chi connectivity index (χ3n) is 2.25. The standard InChI is InChI=1S/C10H16BrN3O/c1-4-8(6-11)12-10(15)9-5-7(2)13-14(9)3/h5,8H,4,6H2,1-3H3,(H,12,15). The molecule has 0 aliphatic heterocycles. The summed E-state index contributed by atoms with van der Waals surface area (Å²) >= 11 is 3.36. The van der Waals surface area contributed by atoms with Gasteiger partial charge in [0.05, 0.1) is 5.69 Å². The number of carbonyl (C=O) groups is 1. The molecular formula is C10H16BrN3O. The molecule has 0 saturated carbocycles. The van der Waals surface area contributed by atoms with Crippen LogP contribution < -0.4 is 5.32 Å². The van der Waals surface area contributed by atoms with Crippen molar-refractivity contribution >= 4 is 21.8 Å². The summed E-state index contributed by atoms with van der Waals surface area (Å²) in [6.07, 6.45) is 0.911. The van der Waals surface area contributed by atoms with Crippen LogP contribution in [-0.2, 0) is 7.05 Å². The van der Waals surface area contributed by atoms with Gasteiger partial charge in [-0.2, -0.15) is 5.10 Å². The Labute approximate surface area is 98.2 Å². The maximum atomic E-state index is 11.8. The normalized spacial score (nSPS) is 12.5. The summed E-state index contributed by atoms with van der Waals surface area (Å²) in [6, 6.07) is 1.96. The smallest absolute Gasteiger partial charge is 0.269 e. The molecule has 15 heavy (non-hydrogen) atoms. The summed E-state index contributed by atoms with van der Waals surface area (Å²) in [7, 11) is 1.77. The minimum atomic E-state index is -0.0654. The lowest BCUT2D eigenvalue weighted by atomic mass is 10.2. The third-order valence-corrected chi connectivity index (χ3v) is 3.03. The second-order valence-corrected chi connectivity index (χ2v) is 4.17. The number of carbonyl (C=O) groups excluding carboxylic acids is 1. The lowest BCUT2D eigenvalue weighted by Crippen LogP contribution is -2.36. The number of rotatable bonds is 4. The van der Waals surface area contributed by atoms with Crippen LogP contribution in [0.25, 0.3) is 0 Å². The lowest BCUT2D eigenvalue weighted by Gasteiger charge is -2.13. The van der Waals surface area contributed by atoms with Gasteiger partial charge in [-0.15, -0.1) is 0 Å². The molecule has 1 aromatic heterocycles. The highest BCUT2D eigenvalue weighted by Crippen LogP contribution is 2.03. The van der Waals surface area contributed by atoms with Crippen LogP contribution >= 0.6 is 15.9 Å². The van der Waals surface area contributed by atoms with E-state index in [9.17, 15) is 4.79 Å². The molecule has 0 saturated heterocycles. The summed E-state index contributed by atoms with van der Waals surface area (Å²) in [4.78, 5) is 11.8. The Balaban J connectivity index is 2.72. The van der Waals surface area contributed by atoms with Gasteiger partial charge in [0.1, 0.15) is 5.69 Å². The largest absolute Gasteiger partial charge is 0.347 e. The van der Waals surface area contributed by atoms with E-state index in [-0.39, 0.29) is 11.9 Å². The number of alkyl halides is 1. The van der Waals surface area contributed by atoms with Crippen molar-refractivity contribution in [1.82, 2.24) is 15.1 Å². The predicted octanol–water partition coefficient (Wildman–Crippen LogP) is 1.63. The minimum Gasteiger partial charge on any atom is -0.347 e. The summed E-state index contributed by atoms with van der Waals surface area (Å²) in [5.41, 5.74) is 1.46. The molecule has 0 aromatic carbocycles. The summed E-state index contributed by atoms with van der Waals surface area (Å²) < 4.78 is 1.60. The molecule has 0 bridgehead atoms. The van der Waals surface area contributed by atoms with E-state index in [0.29, 0.717) is 5.69 Å². The van der Waals surface area contributed by atoms with Crippen LogP contribution in [0.5, 0.6) is 0 Å². The van der Waals surface area contributed by atoms with Gasteiger partial charge in [0.15, 0.2) is 0 Å². The first kappa shape index (κ1) is 12.2. The van der Waals surface area contributed by atoms with Crippen LogP contribution in [0, 0.1) is 6.92 Å². The third kappa shape index (κ3) is 3.06. The van der Waals surface area contributed by atoms with Crippen molar-refractivity contribution in [2.75, 3.05) is 5.33 Å². The molecule has 1 atom stereocenters. The van der Waals surface area contributed by atoms with Gasteiger partial charge in [-0.3, -0.25) is 9.48 Å². The summed E-state index contributed by atoms with van der Waals surface area (Å²) in [5, 5.41) is 7.85. The number of hydrogen-bond acceptors (Lipinski definition) is 2. The van der Waals surface area contributed by atoms with Gasteiger partial charge < -0.3 is 5.32 Å². The molecule has 5 heteroatoms. The van der Waals surface area contributed by atoms with Crippen LogP contribution in [-0.4, -0.2) is 27.1 Å². The van der Waals surface area contributed by atoms with Crippen molar-refractivity contribution in [1.29, 1.82) is 0 Å². The van der Waals surface area contributed by atoms with Gasteiger partial charge in [0.2, 0.25) is 0 Å². The van der Waals surface area contributed by atoms with E-state index in [4.69, 9.17) is 0 Å². The molecular weight excluding hydrogens is 258 g/mol. The van der Waals surface area contributed by atoms with Crippen LogP contribution in [0.1, 0.15) is 29.5 Å². The van der Waals surface area contributed by atoms with E-state index < -0.39 is 0 Å². The number of halogens is 1. The Kier molecular flexibility index (Phi) is 4.32. The monoisotopic (exact) mass is 273 g/mol. The lowest BCUT2D eigenvalue weighted by molar-refractivity contribution is 0.0930. The number of aromatic nitrogens is 2. The molecule has 1 heterocycles. The fourth-order valence-corrected chi connectivity index (χ4v) is 1.95. The van der Waals surface area contributed by atoms with Gasteiger partial charge in [-0.1, -0.05) is 22.9 Å². The molecule has 1 rings (SSSR count). The molecule has 1 amide bonds. The van der Waals surface area contributed by atoms with Gasteiger partial charge >= 0.3 is 0 Å². The molecule has 0 fully saturated rings. The van der Waals surface area contributed by atoms with E-state index in [0.717, 1.165) is 17.4 Å². The van der Waals surface area contributed by atoms with Crippen molar-refractivity contribution in [3.63, 3.8) is 0 Å². The highest BCUT2D eigenvalue weighted by Gasteiger charge is 2.14. The van der Waals surface area contributed by atoms with Gasteiger partial charge in [0, 0.05) is 18.4 Å². The van der Waals surface area contributed by atoms with Crippen molar-refractivity contribution < 1.29 is 4.79 Å². The first-order valence-electron chi connectivity index (χ1n) is 4.96. The summed E-state index contributed by atoms with van der Waals surface area (Å²) in [6.45, 7) is 3.92. The maximum Gasteiger partial charge on any atom is 0.269 e. The van der Waals surface area contributed by atoms with Crippen LogP contribution in [0.3, 0.4) is 0 Å². The first-order valence-corrected chi connectivity index (χ1v) is 6.08. The highest BCUT2D eigenvalue weighted by atomic mass is 79.9. The van der Waals surface area contributed by atoms with E-state index >= 15 is 0 Å². The average molecular weight is 274 g/mol. The SMILES string of the molecule is CCC(CBr)NC(=O)c1cc(C)nn1C. The molecule has 0 aliphatic carbocycles. The van der Waals surface area contributed by atoms with Gasteiger partial charge in [-0.05, 0) is 19.4 Å². The topological polar surface area (TPSA) is 46.9 Å². The molecule has 84 valence electrons. The van der Waals surface area contributed by atoms with Gasteiger partial charge in [0.25, 0.3) is 5.91 Å². The quantitative estimate of drug-likeness (QED) is 0.848. The zero-order valence-electron chi connectivity index (χ0n) is 9.25. The molecule has 0 radical (unpaired) electrons. The molecule has 1 unspecified atom stereocenters. The zero-order valence-corrected chi connectivity index (χ0v) is 10.8. The number of nitrogens with one attached hydrogen (secondary N) is 1. The van der Waals surface area contributed by atoms with Crippen LogP contribution in [0.2, 0.25) is 0 Å². The minimum absolute atomic E-state index is 0.0654. The second-order valence-electron chi connectivity index (χ2n) is 3.53. The van der Waals surface area contributed by atoms with Crippen molar-refractivity contribution in [3.05, 3.63) is 17.5 Å². The molecule has 0 spiro atoms. The van der Waals surface area contributed by atoms with Crippen molar-refractivity contribution in [3.8, 4) is 0 Å². The second kappa shape index (κ2) is 5.30. The van der Waals surface area contributed by atoms with E-state index in [1.807, 2.05) is 13.8 Å².